The van der Waals surface area contributed by atoms with Crippen LogP contribution in [0.5, 0.6) is 0 Å². The molecule has 1 heterocycles. The van der Waals surface area contributed by atoms with Crippen LogP contribution < -0.4 is 0 Å². The molecule has 0 radical (unpaired) electrons. The van der Waals surface area contributed by atoms with E-state index in [0.717, 1.165) is 27.7 Å². The van der Waals surface area contributed by atoms with Crippen molar-refractivity contribution in [2.75, 3.05) is 0 Å². The molecule has 0 atom stereocenters. The van der Waals surface area contributed by atoms with Gasteiger partial charge < -0.3 is 0 Å². The lowest BCUT2D eigenvalue weighted by molar-refractivity contribution is 0.727. The van der Waals surface area contributed by atoms with E-state index in [0.29, 0.717) is 12.3 Å². The molecular weight excluding hydrogens is 258 g/mol. The van der Waals surface area contributed by atoms with Gasteiger partial charge in [-0.3, -0.25) is 0 Å². The smallest absolute Gasteiger partial charge is 0.0793 e. The first kappa shape index (κ1) is 13.6. The third-order valence-corrected chi connectivity index (χ3v) is 3.26. The average molecular weight is 274 g/mol. The lowest BCUT2D eigenvalue weighted by atomic mass is 10.1. The Morgan fingerprint density at radius 3 is 2.68 bits per heavy atom. The van der Waals surface area contributed by atoms with Gasteiger partial charge in [0.05, 0.1) is 23.9 Å². The first-order valence-electron chi connectivity index (χ1n) is 6.25. The van der Waals surface area contributed by atoms with Crippen LogP contribution in [0.4, 0.5) is 0 Å². The molecule has 0 aliphatic rings. The maximum atomic E-state index is 8.80. The molecule has 0 amide bonds. The third-order valence-electron chi connectivity index (χ3n) is 3.03. The molecule has 3 nitrogen and oxygen atoms in total. The summed E-state index contributed by atoms with van der Waals surface area (Å²) in [5.41, 5.74) is 3.99. The van der Waals surface area contributed by atoms with Gasteiger partial charge in [0.25, 0.3) is 0 Å². The normalized spacial score (nSPS) is 10.7. The van der Waals surface area contributed by atoms with Crippen LogP contribution in [0.1, 0.15) is 36.7 Å². The predicted molar refractivity (Wildman–Crippen MR) is 76.7 cm³/mol. The highest BCUT2D eigenvalue weighted by Crippen LogP contribution is 2.24. The molecule has 0 N–H and O–H groups in total. The Labute approximate surface area is 118 Å². The van der Waals surface area contributed by atoms with E-state index in [1.807, 2.05) is 35.9 Å². The molecule has 0 aliphatic carbocycles. The van der Waals surface area contributed by atoms with Gasteiger partial charge in [-0.25, -0.2) is 4.68 Å². The Balaban J connectivity index is 2.57. The van der Waals surface area contributed by atoms with Gasteiger partial charge in [-0.15, -0.1) is 0 Å². The zero-order chi connectivity index (χ0) is 14.0. The highest BCUT2D eigenvalue weighted by Gasteiger charge is 2.14. The molecular formula is C15H16ClN3. The third kappa shape index (κ3) is 2.80. The van der Waals surface area contributed by atoms with Crippen LogP contribution in [0, 0.1) is 18.3 Å². The van der Waals surface area contributed by atoms with Crippen molar-refractivity contribution < 1.29 is 0 Å². The fourth-order valence-corrected chi connectivity index (χ4v) is 2.30. The predicted octanol–water partition coefficient (Wildman–Crippen LogP) is 4.02. The minimum atomic E-state index is 0.333. The fourth-order valence-electron chi connectivity index (χ4n) is 2.07. The lowest BCUT2D eigenvalue weighted by Crippen LogP contribution is -2.05. The molecule has 4 heteroatoms. The highest BCUT2D eigenvalue weighted by atomic mass is 35.5. The molecule has 98 valence electrons. The van der Waals surface area contributed by atoms with Crippen LogP contribution in [0.2, 0.25) is 5.02 Å². The minimum absolute atomic E-state index is 0.333. The second-order valence-electron chi connectivity index (χ2n) is 4.89. The second-order valence-corrected chi connectivity index (χ2v) is 5.33. The van der Waals surface area contributed by atoms with Crippen LogP contribution in [0.15, 0.2) is 24.3 Å². The summed E-state index contributed by atoms with van der Waals surface area (Å²) in [6.45, 7) is 6.25. The van der Waals surface area contributed by atoms with Gasteiger partial charge in [-0.2, -0.15) is 10.4 Å². The summed E-state index contributed by atoms with van der Waals surface area (Å²) in [5.74, 6) is 0.343. The van der Waals surface area contributed by atoms with Crippen molar-refractivity contribution in [2.45, 2.75) is 33.1 Å². The van der Waals surface area contributed by atoms with Gasteiger partial charge in [-0.1, -0.05) is 25.4 Å². The summed E-state index contributed by atoms with van der Waals surface area (Å²) >= 11 is 5.99. The SMILES string of the molecule is Cc1cc(Cl)ccc1-n1nc(CC#N)cc1C(C)C. The van der Waals surface area contributed by atoms with Crippen molar-refractivity contribution in [2.24, 2.45) is 0 Å². The van der Waals surface area contributed by atoms with Gasteiger partial charge in [0.15, 0.2) is 0 Å². The van der Waals surface area contributed by atoms with Crippen molar-refractivity contribution in [3.63, 3.8) is 0 Å². The number of halogens is 1. The van der Waals surface area contributed by atoms with E-state index in [-0.39, 0.29) is 0 Å². The quantitative estimate of drug-likeness (QED) is 0.847. The monoisotopic (exact) mass is 273 g/mol. The zero-order valence-electron chi connectivity index (χ0n) is 11.3. The molecule has 19 heavy (non-hydrogen) atoms. The maximum Gasteiger partial charge on any atom is 0.0793 e. The number of nitrogens with zero attached hydrogens (tertiary/aromatic N) is 3. The van der Waals surface area contributed by atoms with E-state index in [2.05, 4.69) is 25.0 Å². The Bertz CT molecular complexity index is 635. The van der Waals surface area contributed by atoms with E-state index < -0.39 is 0 Å². The minimum Gasteiger partial charge on any atom is -0.237 e. The summed E-state index contributed by atoms with van der Waals surface area (Å²) in [5, 5.41) is 14.1. The van der Waals surface area contributed by atoms with Gasteiger partial charge in [0, 0.05) is 10.7 Å². The number of hydrogen-bond acceptors (Lipinski definition) is 2. The van der Waals surface area contributed by atoms with Crippen molar-refractivity contribution in [3.8, 4) is 11.8 Å². The van der Waals surface area contributed by atoms with E-state index in [9.17, 15) is 0 Å². The van der Waals surface area contributed by atoms with E-state index in [1.54, 1.807) is 0 Å². The first-order valence-corrected chi connectivity index (χ1v) is 6.63. The molecule has 0 saturated carbocycles. The van der Waals surface area contributed by atoms with Gasteiger partial charge in [-0.05, 0) is 42.7 Å². The number of hydrogen-bond donors (Lipinski definition) is 0. The molecule has 2 rings (SSSR count). The summed E-state index contributed by atoms with van der Waals surface area (Å²) < 4.78 is 1.92. The van der Waals surface area contributed by atoms with Crippen LogP contribution in [-0.2, 0) is 6.42 Å². The number of aromatic nitrogens is 2. The van der Waals surface area contributed by atoms with E-state index in [4.69, 9.17) is 16.9 Å². The molecule has 2 aromatic rings. The molecule has 0 saturated heterocycles. The number of nitriles is 1. The number of rotatable bonds is 3. The van der Waals surface area contributed by atoms with Crippen LogP contribution in [0.3, 0.4) is 0 Å². The van der Waals surface area contributed by atoms with Crippen LogP contribution in [-0.4, -0.2) is 9.78 Å². The van der Waals surface area contributed by atoms with E-state index in [1.165, 1.54) is 0 Å². The fraction of sp³-hybridized carbons (Fsp3) is 0.333. The molecule has 0 bridgehead atoms. The highest BCUT2D eigenvalue weighted by molar-refractivity contribution is 6.30. The van der Waals surface area contributed by atoms with Crippen molar-refractivity contribution in [1.29, 1.82) is 5.26 Å². The standard InChI is InChI=1S/C15H16ClN3/c1-10(2)15-9-13(6-7-17)18-19(15)14-5-4-12(16)8-11(14)3/h4-5,8-10H,6H2,1-3H3. The number of aryl methyl sites for hydroxylation is 1. The second kappa shape index (κ2) is 5.46. The number of benzene rings is 1. The Morgan fingerprint density at radius 1 is 1.37 bits per heavy atom. The molecule has 0 fully saturated rings. The average Bonchev–Trinajstić information content (AvgIpc) is 2.73. The zero-order valence-corrected chi connectivity index (χ0v) is 12.1. The lowest BCUT2D eigenvalue weighted by Gasteiger charge is -2.12. The van der Waals surface area contributed by atoms with E-state index >= 15 is 0 Å². The molecule has 0 spiro atoms. The first-order chi connectivity index (χ1) is 9.02. The summed E-state index contributed by atoms with van der Waals surface area (Å²) in [4.78, 5) is 0. The van der Waals surface area contributed by atoms with Gasteiger partial charge >= 0.3 is 0 Å². The largest absolute Gasteiger partial charge is 0.237 e. The van der Waals surface area contributed by atoms with Crippen molar-refractivity contribution >= 4 is 11.6 Å². The van der Waals surface area contributed by atoms with Gasteiger partial charge in [0.2, 0.25) is 0 Å². The molecule has 0 unspecified atom stereocenters. The Kier molecular flexibility index (Phi) is 3.92. The summed E-state index contributed by atoms with van der Waals surface area (Å²) in [6.07, 6.45) is 0.333. The molecule has 1 aromatic heterocycles. The Hall–Kier alpha value is -1.79. The molecule has 1 aromatic carbocycles. The summed E-state index contributed by atoms with van der Waals surface area (Å²) in [6, 6.07) is 9.89. The van der Waals surface area contributed by atoms with Gasteiger partial charge in [0.1, 0.15) is 0 Å². The summed E-state index contributed by atoms with van der Waals surface area (Å²) in [7, 11) is 0. The Morgan fingerprint density at radius 2 is 2.11 bits per heavy atom. The van der Waals surface area contributed by atoms with Crippen LogP contribution in [0.25, 0.3) is 5.69 Å². The maximum absolute atomic E-state index is 8.80. The van der Waals surface area contributed by atoms with Crippen LogP contribution >= 0.6 is 11.6 Å². The topological polar surface area (TPSA) is 41.6 Å². The molecule has 0 aliphatic heterocycles. The van der Waals surface area contributed by atoms with Crippen molar-refractivity contribution in [3.05, 3.63) is 46.2 Å². The van der Waals surface area contributed by atoms with Crippen molar-refractivity contribution in [1.82, 2.24) is 9.78 Å².